The minimum absolute atomic E-state index is 0.120. The monoisotopic (exact) mass is 241 g/mol. The molecule has 4 N–H and O–H groups in total. The molecule has 6 heteroatoms. The Kier molecular flexibility index (Phi) is 3.40. The van der Waals surface area contributed by atoms with Gasteiger partial charge in [-0.05, 0) is 18.8 Å². The van der Waals surface area contributed by atoms with Crippen molar-refractivity contribution in [3.63, 3.8) is 0 Å². The van der Waals surface area contributed by atoms with E-state index in [4.69, 9.17) is 5.73 Å². The number of anilines is 1. The van der Waals surface area contributed by atoms with Crippen LogP contribution in [-0.2, 0) is 11.2 Å². The molecule has 0 aliphatic heterocycles. The third kappa shape index (κ3) is 3.18. The Bertz CT molecular complexity index is 376. The van der Waals surface area contributed by atoms with Gasteiger partial charge in [-0.3, -0.25) is 4.79 Å². The minimum Gasteiger partial charge on any atom is -0.391 e. The number of hydrogen-bond donors (Lipinski definition) is 3. The molecule has 2 rings (SSSR count). The summed E-state index contributed by atoms with van der Waals surface area (Å²) in [6.07, 6.45) is 1.97. The number of thiazole rings is 1. The van der Waals surface area contributed by atoms with Crippen molar-refractivity contribution in [2.75, 3.05) is 12.3 Å². The van der Waals surface area contributed by atoms with Gasteiger partial charge in [0.25, 0.3) is 0 Å². The zero-order valence-corrected chi connectivity index (χ0v) is 9.67. The van der Waals surface area contributed by atoms with Crippen molar-refractivity contribution >= 4 is 22.4 Å². The molecule has 0 aromatic carbocycles. The zero-order chi connectivity index (χ0) is 11.5. The first-order valence-electron chi connectivity index (χ1n) is 5.30. The molecular weight excluding hydrogens is 226 g/mol. The molecule has 0 radical (unpaired) electrons. The van der Waals surface area contributed by atoms with Crippen LogP contribution >= 0.6 is 11.3 Å². The van der Waals surface area contributed by atoms with Crippen LogP contribution in [0, 0.1) is 5.92 Å². The molecule has 1 aromatic heterocycles. The van der Waals surface area contributed by atoms with Crippen LogP contribution in [0.25, 0.3) is 0 Å². The van der Waals surface area contributed by atoms with E-state index >= 15 is 0 Å². The summed E-state index contributed by atoms with van der Waals surface area (Å²) in [6, 6.07) is 0. The van der Waals surface area contributed by atoms with E-state index in [2.05, 4.69) is 10.3 Å². The van der Waals surface area contributed by atoms with E-state index in [1.807, 2.05) is 0 Å². The third-order valence-electron chi connectivity index (χ3n) is 2.59. The number of carbonyl (C=O) groups excluding carboxylic acids is 1. The predicted octanol–water partition coefficient (Wildman–Crippen LogP) is 0.155. The fourth-order valence-electron chi connectivity index (χ4n) is 1.50. The molecule has 1 atom stereocenters. The van der Waals surface area contributed by atoms with Crippen molar-refractivity contribution in [2.45, 2.75) is 25.4 Å². The topological polar surface area (TPSA) is 88.2 Å². The van der Waals surface area contributed by atoms with Gasteiger partial charge in [0.1, 0.15) is 0 Å². The van der Waals surface area contributed by atoms with E-state index in [0.717, 1.165) is 12.8 Å². The lowest BCUT2D eigenvalue weighted by atomic mass is 10.2. The molecule has 5 nitrogen and oxygen atoms in total. The van der Waals surface area contributed by atoms with Gasteiger partial charge in [0.15, 0.2) is 5.13 Å². The molecule has 1 unspecified atom stereocenters. The van der Waals surface area contributed by atoms with Gasteiger partial charge < -0.3 is 16.2 Å². The fraction of sp³-hybridized carbons (Fsp3) is 0.600. The highest BCUT2D eigenvalue weighted by molar-refractivity contribution is 7.13. The van der Waals surface area contributed by atoms with Gasteiger partial charge in [-0.25, -0.2) is 4.98 Å². The molecule has 0 spiro atoms. The van der Waals surface area contributed by atoms with E-state index in [9.17, 15) is 9.90 Å². The van der Waals surface area contributed by atoms with Crippen LogP contribution in [0.15, 0.2) is 5.38 Å². The van der Waals surface area contributed by atoms with Gasteiger partial charge >= 0.3 is 0 Å². The molecule has 1 saturated carbocycles. The summed E-state index contributed by atoms with van der Waals surface area (Å²) in [5, 5.41) is 14.5. The lowest BCUT2D eigenvalue weighted by Gasteiger charge is -2.09. The van der Waals surface area contributed by atoms with Gasteiger partial charge in [-0.2, -0.15) is 0 Å². The SMILES string of the molecule is Nc1nc(CC(=O)NCC(O)C2CC2)cs1. The van der Waals surface area contributed by atoms with Crippen molar-refractivity contribution in [1.29, 1.82) is 0 Å². The number of hydrogen-bond acceptors (Lipinski definition) is 5. The molecule has 1 aliphatic carbocycles. The van der Waals surface area contributed by atoms with E-state index in [0.29, 0.717) is 23.3 Å². The maximum absolute atomic E-state index is 11.5. The molecule has 1 aliphatic rings. The van der Waals surface area contributed by atoms with E-state index in [1.165, 1.54) is 11.3 Å². The van der Waals surface area contributed by atoms with Crippen molar-refractivity contribution in [3.05, 3.63) is 11.1 Å². The van der Waals surface area contributed by atoms with Crippen molar-refractivity contribution < 1.29 is 9.90 Å². The first-order chi connectivity index (χ1) is 7.65. The number of nitrogens with one attached hydrogen (secondary N) is 1. The molecule has 1 aromatic rings. The fourth-order valence-corrected chi connectivity index (χ4v) is 2.06. The molecule has 88 valence electrons. The van der Waals surface area contributed by atoms with Crippen LogP contribution < -0.4 is 11.1 Å². The van der Waals surface area contributed by atoms with Gasteiger partial charge in [0.05, 0.1) is 18.2 Å². The third-order valence-corrected chi connectivity index (χ3v) is 3.31. The van der Waals surface area contributed by atoms with Crippen LogP contribution in [0.4, 0.5) is 5.13 Å². The number of nitrogens with zero attached hydrogens (tertiary/aromatic N) is 1. The Hall–Kier alpha value is -1.14. The van der Waals surface area contributed by atoms with Gasteiger partial charge in [-0.1, -0.05) is 0 Å². The van der Waals surface area contributed by atoms with Crippen molar-refractivity contribution in [1.82, 2.24) is 10.3 Å². The largest absolute Gasteiger partial charge is 0.391 e. The average Bonchev–Trinajstić information content (AvgIpc) is 3.01. The smallest absolute Gasteiger partial charge is 0.226 e. The van der Waals surface area contributed by atoms with Gasteiger partial charge in [0, 0.05) is 11.9 Å². The molecule has 16 heavy (non-hydrogen) atoms. The van der Waals surface area contributed by atoms with Crippen LogP contribution in [0.1, 0.15) is 18.5 Å². The molecular formula is C10H15N3O2S. The standard InChI is InChI=1S/C10H15N3O2S/c11-10-13-7(5-16-10)3-9(15)12-4-8(14)6-1-2-6/h5-6,8,14H,1-4H2,(H2,11,13)(H,12,15). The summed E-state index contributed by atoms with van der Waals surface area (Å²) in [7, 11) is 0. The second kappa shape index (κ2) is 4.80. The molecule has 1 amide bonds. The van der Waals surface area contributed by atoms with Gasteiger partial charge in [0.2, 0.25) is 5.91 Å². The number of carbonyl (C=O) groups is 1. The minimum atomic E-state index is -0.399. The number of aromatic nitrogens is 1. The van der Waals surface area contributed by atoms with E-state index < -0.39 is 6.10 Å². The number of amides is 1. The number of rotatable bonds is 5. The maximum atomic E-state index is 11.5. The lowest BCUT2D eigenvalue weighted by Crippen LogP contribution is -2.34. The Morgan fingerprint density at radius 1 is 1.75 bits per heavy atom. The summed E-state index contributed by atoms with van der Waals surface area (Å²) >= 11 is 1.32. The molecule has 1 heterocycles. The Balaban J connectivity index is 1.71. The lowest BCUT2D eigenvalue weighted by molar-refractivity contribution is -0.121. The molecule has 0 bridgehead atoms. The highest BCUT2D eigenvalue weighted by Gasteiger charge is 2.29. The maximum Gasteiger partial charge on any atom is 0.226 e. The first-order valence-corrected chi connectivity index (χ1v) is 6.18. The van der Waals surface area contributed by atoms with Crippen LogP contribution in [0.3, 0.4) is 0 Å². The number of aliphatic hydroxyl groups excluding tert-OH is 1. The highest BCUT2D eigenvalue weighted by Crippen LogP contribution is 2.32. The number of nitrogen functional groups attached to an aromatic ring is 1. The van der Waals surface area contributed by atoms with Crippen LogP contribution in [-0.4, -0.2) is 28.6 Å². The van der Waals surface area contributed by atoms with Gasteiger partial charge in [-0.15, -0.1) is 11.3 Å². The summed E-state index contributed by atoms with van der Waals surface area (Å²) < 4.78 is 0. The van der Waals surface area contributed by atoms with E-state index in [-0.39, 0.29) is 12.3 Å². The summed E-state index contributed by atoms with van der Waals surface area (Å²) in [4.78, 5) is 15.5. The quantitative estimate of drug-likeness (QED) is 0.685. The average molecular weight is 241 g/mol. The summed E-state index contributed by atoms with van der Waals surface area (Å²) in [5.41, 5.74) is 6.14. The number of nitrogens with two attached hydrogens (primary N) is 1. The van der Waals surface area contributed by atoms with Crippen molar-refractivity contribution in [2.24, 2.45) is 5.92 Å². The summed E-state index contributed by atoms with van der Waals surface area (Å²) in [5.74, 6) is 0.264. The first kappa shape index (κ1) is 11.3. The molecule has 1 fully saturated rings. The second-order valence-corrected chi connectivity index (χ2v) is 4.95. The van der Waals surface area contributed by atoms with Crippen molar-refractivity contribution in [3.8, 4) is 0 Å². The number of aliphatic hydroxyl groups is 1. The van der Waals surface area contributed by atoms with E-state index in [1.54, 1.807) is 5.38 Å². The highest BCUT2D eigenvalue weighted by atomic mass is 32.1. The normalized spacial score (nSPS) is 17.1. The predicted molar refractivity (Wildman–Crippen MR) is 62.0 cm³/mol. The Morgan fingerprint density at radius 3 is 3.06 bits per heavy atom. The Labute approximate surface area is 97.7 Å². The van der Waals surface area contributed by atoms with Crippen LogP contribution in [0.2, 0.25) is 0 Å². The zero-order valence-electron chi connectivity index (χ0n) is 8.85. The van der Waals surface area contributed by atoms with Crippen LogP contribution in [0.5, 0.6) is 0 Å². The molecule has 0 saturated heterocycles. The Morgan fingerprint density at radius 2 is 2.50 bits per heavy atom. The summed E-state index contributed by atoms with van der Waals surface area (Å²) in [6.45, 7) is 0.336. The second-order valence-electron chi connectivity index (χ2n) is 4.06.